The van der Waals surface area contributed by atoms with Crippen LogP contribution in [0.1, 0.15) is 106 Å². The van der Waals surface area contributed by atoms with Crippen molar-refractivity contribution in [2.24, 2.45) is 56.7 Å². The standard InChI is InChI=1S/C35H58O6/c1-20(2)21-10-15-35(19-41-30-29(39)28(38)23(36)18-40-30)17-16-33(6)22(27(21)35)8-9-25-32(5)13-12-26(37)31(3,4)24(32)11-14-34(25,33)7/h21-30,36-39H,1,8-19H2,2-7H3/t21-,22?,23+,24?,25?,26-,27?,28+,29-,30+,32-,33+,34+,35?/m0/s1. The van der Waals surface area contributed by atoms with Crippen molar-refractivity contribution in [3.63, 3.8) is 0 Å². The van der Waals surface area contributed by atoms with Gasteiger partial charge in [0.2, 0.25) is 0 Å². The van der Waals surface area contributed by atoms with Crippen LogP contribution >= 0.6 is 0 Å². The van der Waals surface area contributed by atoms with Gasteiger partial charge in [0.05, 0.1) is 19.3 Å². The van der Waals surface area contributed by atoms with Gasteiger partial charge in [0.1, 0.15) is 18.3 Å². The van der Waals surface area contributed by atoms with Crippen LogP contribution in [0.2, 0.25) is 0 Å². The van der Waals surface area contributed by atoms with E-state index < -0.39 is 24.6 Å². The first kappa shape index (κ1) is 30.5. The summed E-state index contributed by atoms with van der Waals surface area (Å²) in [5.74, 6) is 2.80. The fourth-order valence-electron chi connectivity index (χ4n) is 12.7. The number of fused-ring (bicyclic) bond motifs is 7. The van der Waals surface area contributed by atoms with Crippen molar-refractivity contribution in [1.82, 2.24) is 0 Å². The minimum absolute atomic E-state index is 0.0130. The lowest BCUT2D eigenvalue weighted by Crippen LogP contribution is -2.67. The first-order valence-electron chi connectivity index (χ1n) is 16.7. The van der Waals surface area contributed by atoms with Gasteiger partial charge in [-0.3, -0.25) is 0 Å². The minimum atomic E-state index is -1.25. The zero-order chi connectivity index (χ0) is 29.8. The molecule has 5 aliphatic carbocycles. The zero-order valence-corrected chi connectivity index (χ0v) is 26.6. The van der Waals surface area contributed by atoms with Crippen LogP contribution in [0.3, 0.4) is 0 Å². The van der Waals surface area contributed by atoms with Gasteiger partial charge in [-0.05, 0) is 128 Å². The molecule has 6 aliphatic rings. The van der Waals surface area contributed by atoms with E-state index in [2.05, 4.69) is 48.1 Å². The van der Waals surface area contributed by atoms with Crippen LogP contribution in [-0.2, 0) is 9.47 Å². The van der Waals surface area contributed by atoms with Gasteiger partial charge in [-0.1, -0.05) is 46.8 Å². The van der Waals surface area contributed by atoms with E-state index in [1.807, 2.05) is 0 Å². The Labute approximate surface area is 248 Å². The fourth-order valence-corrected chi connectivity index (χ4v) is 12.7. The van der Waals surface area contributed by atoms with Crippen LogP contribution in [0.5, 0.6) is 0 Å². The molecule has 1 saturated heterocycles. The Bertz CT molecular complexity index is 1030. The third kappa shape index (κ3) is 4.16. The molecule has 41 heavy (non-hydrogen) atoms. The van der Waals surface area contributed by atoms with Crippen molar-refractivity contribution in [1.29, 1.82) is 0 Å². The number of hydrogen-bond acceptors (Lipinski definition) is 6. The Morgan fingerprint density at radius 3 is 2.24 bits per heavy atom. The van der Waals surface area contributed by atoms with Crippen molar-refractivity contribution in [2.75, 3.05) is 13.2 Å². The first-order valence-corrected chi connectivity index (χ1v) is 16.7. The summed E-state index contributed by atoms with van der Waals surface area (Å²) in [5.41, 5.74) is 2.04. The Hall–Kier alpha value is -0.500. The van der Waals surface area contributed by atoms with E-state index in [-0.39, 0.29) is 39.8 Å². The summed E-state index contributed by atoms with van der Waals surface area (Å²) in [5, 5.41) is 41.8. The second-order valence-electron chi connectivity index (χ2n) is 17.0. The molecule has 0 bridgehead atoms. The second-order valence-corrected chi connectivity index (χ2v) is 17.0. The van der Waals surface area contributed by atoms with Crippen molar-refractivity contribution in [2.45, 2.75) is 136 Å². The Balaban J connectivity index is 1.30. The van der Waals surface area contributed by atoms with Crippen LogP contribution in [0.4, 0.5) is 0 Å². The molecule has 6 fully saturated rings. The highest BCUT2D eigenvalue weighted by atomic mass is 16.7. The molecule has 0 aromatic heterocycles. The summed E-state index contributed by atoms with van der Waals surface area (Å²) in [7, 11) is 0. The number of aliphatic hydroxyl groups is 4. The predicted molar refractivity (Wildman–Crippen MR) is 159 cm³/mol. The largest absolute Gasteiger partial charge is 0.393 e. The van der Waals surface area contributed by atoms with Crippen LogP contribution in [0.15, 0.2) is 12.2 Å². The number of rotatable bonds is 4. The van der Waals surface area contributed by atoms with Crippen LogP contribution < -0.4 is 0 Å². The molecular formula is C35H58O6. The molecule has 0 spiro atoms. The normalized spacial score (nSPS) is 56.2. The molecule has 1 heterocycles. The summed E-state index contributed by atoms with van der Waals surface area (Å²) in [6.45, 7) is 19.7. The molecule has 14 atom stereocenters. The monoisotopic (exact) mass is 574 g/mol. The summed E-state index contributed by atoms with van der Waals surface area (Å²) < 4.78 is 12.0. The van der Waals surface area contributed by atoms with Crippen molar-refractivity contribution in [3.05, 3.63) is 12.2 Å². The molecule has 0 aromatic carbocycles. The fraction of sp³-hybridized carbons (Fsp3) is 0.943. The van der Waals surface area contributed by atoms with Crippen LogP contribution in [-0.4, -0.2) is 64.3 Å². The topological polar surface area (TPSA) is 99.4 Å². The van der Waals surface area contributed by atoms with E-state index in [4.69, 9.17) is 9.47 Å². The SMILES string of the molecule is C=C(C)[C@@H]1CCC2(CO[C@H]3OC[C@@H](O)[C@@H](O)[C@@H]3O)CC[C@]3(C)C(CCC4[C@@]5(C)CC[C@H](O)C(C)(C)C5CC[C@]43C)C12. The lowest BCUT2D eigenvalue weighted by molar-refractivity contribution is -0.287. The Kier molecular flexibility index (Phi) is 7.45. The molecule has 1 aliphatic heterocycles. The van der Waals surface area contributed by atoms with Gasteiger partial charge in [-0.2, -0.15) is 0 Å². The smallest absolute Gasteiger partial charge is 0.186 e. The highest BCUT2D eigenvalue weighted by Gasteiger charge is 2.71. The van der Waals surface area contributed by atoms with Gasteiger partial charge in [-0.15, -0.1) is 0 Å². The molecular weight excluding hydrogens is 516 g/mol. The van der Waals surface area contributed by atoms with Crippen molar-refractivity contribution >= 4 is 0 Å². The van der Waals surface area contributed by atoms with E-state index in [9.17, 15) is 20.4 Å². The molecule has 234 valence electrons. The zero-order valence-electron chi connectivity index (χ0n) is 26.6. The van der Waals surface area contributed by atoms with E-state index in [1.54, 1.807) is 0 Å². The van der Waals surface area contributed by atoms with Crippen LogP contribution in [0.25, 0.3) is 0 Å². The molecule has 0 amide bonds. The van der Waals surface area contributed by atoms with Gasteiger partial charge in [-0.25, -0.2) is 0 Å². The third-order valence-corrected chi connectivity index (χ3v) is 15.2. The quantitative estimate of drug-likeness (QED) is 0.333. The van der Waals surface area contributed by atoms with E-state index >= 15 is 0 Å². The van der Waals surface area contributed by atoms with Crippen molar-refractivity contribution < 1.29 is 29.9 Å². The third-order valence-electron chi connectivity index (χ3n) is 15.2. The maximum absolute atomic E-state index is 11.0. The predicted octanol–water partition coefficient (Wildman–Crippen LogP) is 5.46. The van der Waals surface area contributed by atoms with Crippen LogP contribution in [0, 0.1) is 56.7 Å². The number of hydrogen-bond donors (Lipinski definition) is 4. The maximum atomic E-state index is 11.0. The summed E-state index contributed by atoms with van der Waals surface area (Å²) in [6, 6.07) is 0. The maximum Gasteiger partial charge on any atom is 0.186 e. The summed E-state index contributed by atoms with van der Waals surface area (Å²) in [4.78, 5) is 0. The van der Waals surface area contributed by atoms with Gasteiger partial charge in [0, 0.05) is 0 Å². The van der Waals surface area contributed by atoms with E-state index in [1.165, 1.54) is 37.7 Å². The number of aliphatic hydroxyl groups excluding tert-OH is 4. The Morgan fingerprint density at radius 2 is 1.54 bits per heavy atom. The van der Waals surface area contributed by atoms with Gasteiger partial charge < -0.3 is 29.9 Å². The van der Waals surface area contributed by atoms with E-state index in [0.29, 0.717) is 36.2 Å². The lowest BCUT2D eigenvalue weighted by Gasteiger charge is -2.73. The molecule has 5 saturated carbocycles. The number of allylic oxidation sites excluding steroid dienone is 1. The number of ether oxygens (including phenoxy) is 2. The molecule has 6 heteroatoms. The second kappa shape index (κ2) is 10.0. The summed E-state index contributed by atoms with van der Waals surface area (Å²) >= 11 is 0. The molecule has 6 nitrogen and oxygen atoms in total. The van der Waals surface area contributed by atoms with E-state index in [0.717, 1.165) is 32.1 Å². The molecule has 0 radical (unpaired) electrons. The summed E-state index contributed by atoms with van der Waals surface area (Å²) in [6.07, 6.45) is 6.88. The highest BCUT2D eigenvalue weighted by Crippen LogP contribution is 2.77. The Morgan fingerprint density at radius 1 is 0.805 bits per heavy atom. The van der Waals surface area contributed by atoms with Gasteiger partial charge in [0.15, 0.2) is 6.29 Å². The van der Waals surface area contributed by atoms with Gasteiger partial charge in [0.25, 0.3) is 0 Å². The first-order chi connectivity index (χ1) is 19.1. The minimum Gasteiger partial charge on any atom is -0.393 e. The molecule has 0 aromatic rings. The average molecular weight is 575 g/mol. The highest BCUT2D eigenvalue weighted by molar-refractivity contribution is 5.21. The molecule has 5 unspecified atom stereocenters. The lowest BCUT2D eigenvalue weighted by atomic mass is 9.32. The van der Waals surface area contributed by atoms with Crippen molar-refractivity contribution in [3.8, 4) is 0 Å². The molecule has 6 rings (SSSR count). The van der Waals surface area contributed by atoms with Gasteiger partial charge >= 0.3 is 0 Å². The average Bonchev–Trinajstić information content (AvgIpc) is 3.30. The molecule has 4 N–H and O–H groups in total.